The highest BCUT2D eigenvalue weighted by molar-refractivity contribution is 7.12. The van der Waals surface area contributed by atoms with E-state index in [9.17, 15) is 14.9 Å². The molecular formula is C18H12N2O3S. The zero-order valence-electron chi connectivity index (χ0n) is 12.7. The lowest BCUT2D eigenvalue weighted by atomic mass is 10.0. The third-order valence-corrected chi connectivity index (χ3v) is 4.21. The quantitative estimate of drug-likeness (QED) is 0.586. The Morgan fingerprint density at radius 3 is 2.79 bits per heavy atom. The number of esters is 1. The van der Waals surface area contributed by atoms with Crippen molar-refractivity contribution in [3.63, 3.8) is 0 Å². The molecule has 0 amide bonds. The first kappa shape index (κ1) is 15.7. The molecule has 2 aromatic heterocycles. The van der Waals surface area contributed by atoms with E-state index in [0.29, 0.717) is 27.4 Å². The standard InChI is InChI=1S/C18H12N2O3S/c1-11-8-14(15(10-19)17(21)20-11)12-4-2-5-13(9-12)23-18(22)16-6-3-7-24-16/h2-9H,1H3,(H,20,21). The fourth-order valence-corrected chi connectivity index (χ4v) is 2.91. The predicted octanol–water partition coefficient (Wildman–Crippen LogP) is 3.50. The van der Waals surface area contributed by atoms with Crippen molar-refractivity contribution in [1.82, 2.24) is 4.98 Å². The monoisotopic (exact) mass is 336 g/mol. The van der Waals surface area contributed by atoms with Crippen LogP contribution < -0.4 is 10.3 Å². The average Bonchev–Trinajstić information content (AvgIpc) is 3.09. The van der Waals surface area contributed by atoms with Gasteiger partial charge in [-0.1, -0.05) is 18.2 Å². The molecule has 0 saturated heterocycles. The van der Waals surface area contributed by atoms with Crippen molar-refractivity contribution in [3.8, 4) is 22.9 Å². The minimum absolute atomic E-state index is 0.0299. The van der Waals surface area contributed by atoms with Gasteiger partial charge < -0.3 is 9.72 Å². The molecule has 0 spiro atoms. The van der Waals surface area contributed by atoms with Crippen molar-refractivity contribution in [1.29, 1.82) is 5.26 Å². The van der Waals surface area contributed by atoms with E-state index in [0.717, 1.165) is 0 Å². The highest BCUT2D eigenvalue weighted by Crippen LogP contribution is 2.26. The molecule has 0 unspecified atom stereocenters. The molecule has 0 aliphatic rings. The lowest BCUT2D eigenvalue weighted by Gasteiger charge is -2.08. The van der Waals surface area contributed by atoms with Crippen LogP contribution in [0, 0.1) is 18.3 Å². The van der Waals surface area contributed by atoms with E-state index >= 15 is 0 Å². The molecule has 1 aromatic carbocycles. The molecule has 24 heavy (non-hydrogen) atoms. The van der Waals surface area contributed by atoms with Gasteiger partial charge in [0.2, 0.25) is 0 Å². The molecule has 0 bridgehead atoms. The second kappa shape index (κ2) is 6.52. The van der Waals surface area contributed by atoms with E-state index in [1.165, 1.54) is 11.3 Å². The molecule has 118 valence electrons. The number of hydrogen-bond acceptors (Lipinski definition) is 5. The second-order valence-corrected chi connectivity index (χ2v) is 6.02. The molecule has 3 rings (SSSR count). The molecule has 0 saturated carbocycles. The lowest BCUT2D eigenvalue weighted by molar-refractivity contribution is 0.0740. The van der Waals surface area contributed by atoms with Crippen molar-refractivity contribution in [2.24, 2.45) is 0 Å². The van der Waals surface area contributed by atoms with Crippen molar-refractivity contribution in [3.05, 3.63) is 74.3 Å². The van der Waals surface area contributed by atoms with Gasteiger partial charge in [0, 0.05) is 11.3 Å². The molecule has 0 aliphatic carbocycles. The number of benzene rings is 1. The predicted molar refractivity (Wildman–Crippen MR) is 91.2 cm³/mol. The van der Waals surface area contributed by atoms with Crippen molar-refractivity contribution in [2.45, 2.75) is 6.92 Å². The minimum Gasteiger partial charge on any atom is -0.422 e. The Morgan fingerprint density at radius 2 is 2.08 bits per heavy atom. The van der Waals surface area contributed by atoms with Gasteiger partial charge in [0.1, 0.15) is 22.3 Å². The van der Waals surface area contributed by atoms with E-state index in [2.05, 4.69) is 4.98 Å². The Kier molecular flexibility index (Phi) is 4.27. The smallest absolute Gasteiger partial charge is 0.353 e. The number of pyridine rings is 1. The number of nitrogens with zero attached hydrogens (tertiary/aromatic N) is 1. The van der Waals surface area contributed by atoms with Gasteiger partial charge in [0.05, 0.1) is 0 Å². The van der Waals surface area contributed by atoms with Gasteiger partial charge in [-0.25, -0.2) is 4.79 Å². The number of nitriles is 1. The summed E-state index contributed by atoms with van der Waals surface area (Å²) in [6, 6.07) is 13.9. The van der Waals surface area contributed by atoms with Crippen LogP contribution in [-0.2, 0) is 0 Å². The maximum absolute atomic E-state index is 12.0. The van der Waals surface area contributed by atoms with Gasteiger partial charge in [-0.2, -0.15) is 5.26 Å². The van der Waals surface area contributed by atoms with E-state index in [1.807, 2.05) is 6.07 Å². The number of aryl methyl sites for hydroxylation is 1. The van der Waals surface area contributed by atoms with Crippen LogP contribution in [0.25, 0.3) is 11.1 Å². The van der Waals surface area contributed by atoms with Crippen LogP contribution in [0.15, 0.2) is 52.6 Å². The van der Waals surface area contributed by atoms with E-state index in [-0.39, 0.29) is 5.56 Å². The summed E-state index contributed by atoms with van der Waals surface area (Å²) in [5.74, 6) is -0.0857. The summed E-state index contributed by atoms with van der Waals surface area (Å²) < 4.78 is 5.36. The summed E-state index contributed by atoms with van der Waals surface area (Å²) in [5, 5.41) is 11.0. The fraction of sp³-hybridized carbons (Fsp3) is 0.0556. The SMILES string of the molecule is Cc1cc(-c2cccc(OC(=O)c3cccs3)c2)c(C#N)c(=O)[nH]1. The number of aromatic nitrogens is 1. The summed E-state index contributed by atoms with van der Waals surface area (Å²) in [4.78, 5) is 27.1. The highest BCUT2D eigenvalue weighted by Gasteiger charge is 2.13. The number of hydrogen-bond donors (Lipinski definition) is 1. The van der Waals surface area contributed by atoms with Crippen LogP contribution in [-0.4, -0.2) is 11.0 Å². The van der Waals surface area contributed by atoms with Gasteiger partial charge >= 0.3 is 5.97 Å². The van der Waals surface area contributed by atoms with Gasteiger partial charge in [0.25, 0.3) is 5.56 Å². The van der Waals surface area contributed by atoms with Crippen LogP contribution in [0.1, 0.15) is 20.9 Å². The molecule has 0 aliphatic heterocycles. The third kappa shape index (κ3) is 3.12. The summed E-state index contributed by atoms with van der Waals surface area (Å²) in [6.07, 6.45) is 0. The van der Waals surface area contributed by atoms with Gasteiger partial charge in [-0.3, -0.25) is 4.79 Å². The molecule has 6 heteroatoms. The Bertz CT molecular complexity index is 998. The van der Waals surface area contributed by atoms with Crippen LogP contribution in [0.3, 0.4) is 0 Å². The number of rotatable bonds is 3. The number of carbonyl (C=O) groups excluding carboxylic acids is 1. The maximum Gasteiger partial charge on any atom is 0.353 e. The van der Waals surface area contributed by atoms with Crippen LogP contribution in [0.4, 0.5) is 0 Å². The first-order valence-electron chi connectivity index (χ1n) is 7.08. The Labute approximate surface area is 141 Å². The molecule has 0 fully saturated rings. The van der Waals surface area contributed by atoms with E-state index < -0.39 is 11.5 Å². The van der Waals surface area contributed by atoms with Crippen molar-refractivity contribution >= 4 is 17.3 Å². The lowest BCUT2D eigenvalue weighted by Crippen LogP contribution is -2.12. The first-order valence-corrected chi connectivity index (χ1v) is 7.96. The van der Waals surface area contributed by atoms with Crippen LogP contribution >= 0.6 is 11.3 Å². The Hall–Kier alpha value is -3.17. The van der Waals surface area contributed by atoms with E-state index in [4.69, 9.17) is 4.74 Å². The number of thiophene rings is 1. The zero-order chi connectivity index (χ0) is 17.1. The fourth-order valence-electron chi connectivity index (χ4n) is 2.31. The van der Waals surface area contributed by atoms with Gasteiger partial charge in [-0.15, -0.1) is 11.3 Å². The number of aromatic amines is 1. The molecule has 2 heterocycles. The topological polar surface area (TPSA) is 82.9 Å². The number of ether oxygens (including phenoxy) is 1. The maximum atomic E-state index is 12.0. The first-order chi connectivity index (χ1) is 11.6. The Balaban J connectivity index is 1.99. The van der Waals surface area contributed by atoms with Gasteiger partial charge in [-0.05, 0) is 42.1 Å². The molecule has 3 aromatic rings. The number of nitrogens with one attached hydrogen (secondary N) is 1. The molecule has 5 nitrogen and oxygen atoms in total. The number of carbonyl (C=O) groups is 1. The van der Waals surface area contributed by atoms with Crippen LogP contribution in [0.5, 0.6) is 5.75 Å². The van der Waals surface area contributed by atoms with E-state index in [1.54, 1.807) is 54.8 Å². The van der Waals surface area contributed by atoms with Gasteiger partial charge in [0.15, 0.2) is 0 Å². The highest BCUT2D eigenvalue weighted by atomic mass is 32.1. The number of H-pyrrole nitrogens is 1. The molecular weight excluding hydrogens is 324 g/mol. The van der Waals surface area contributed by atoms with Crippen molar-refractivity contribution in [2.75, 3.05) is 0 Å². The average molecular weight is 336 g/mol. The minimum atomic E-state index is -0.440. The third-order valence-electron chi connectivity index (χ3n) is 3.36. The zero-order valence-corrected chi connectivity index (χ0v) is 13.5. The molecule has 0 radical (unpaired) electrons. The second-order valence-electron chi connectivity index (χ2n) is 5.08. The molecule has 1 N–H and O–H groups in total. The normalized spacial score (nSPS) is 10.2. The summed E-state index contributed by atoms with van der Waals surface area (Å²) in [6.45, 7) is 1.74. The summed E-state index contributed by atoms with van der Waals surface area (Å²) in [7, 11) is 0. The summed E-state index contributed by atoms with van der Waals surface area (Å²) >= 11 is 1.30. The molecule has 0 atom stereocenters. The van der Waals surface area contributed by atoms with Crippen molar-refractivity contribution < 1.29 is 9.53 Å². The summed E-state index contributed by atoms with van der Waals surface area (Å²) in [5.41, 5.74) is 1.39. The largest absolute Gasteiger partial charge is 0.422 e. The van der Waals surface area contributed by atoms with Crippen LogP contribution in [0.2, 0.25) is 0 Å². The Morgan fingerprint density at radius 1 is 1.25 bits per heavy atom.